The van der Waals surface area contributed by atoms with Gasteiger partial charge in [-0.15, -0.1) is 0 Å². The zero-order chi connectivity index (χ0) is 9.26. The summed E-state index contributed by atoms with van der Waals surface area (Å²) < 4.78 is 0. The molecule has 0 aromatic carbocycles. The first-order valence-electron chi connectivity index (χ1n) is 5.27. The Morgan fingerprint density at radius 1 is 1.15 bits per heavy atom. The van der Waals surface area contributed by atoms with E-state index >= 15 is 0 Å². The van der Waals surface area contributed by atoms with E-state index in [4.69, 9.17) is 0 Å². The average Bonchev–Trinajstić information content (AvgIpc) is 2.88. The molecule has 2 atom stereocenters. The molecule has 0 saturated heterocycles. The van der Waals surface area contributed by atoms with Crippen molar-refractivity contribution in [1.29, 1.82) is 0 Å². The van der Waals surface area contributed by atoms with E-state index in [-0.39, 0.29) is 0 Å². The molecule has 2 aliphatic carbocycles. The Kier molecular flexibility index (Phi) is 2.54. The molecule has 2 aliphatic rings. The number of hydrogen-bond acceptors (Lipinski definition) is 2. The second-order valence-corrected chi connectivity index (χ2v) is 4.28. The molecule has 1 amide bonds. The van der Waals surface area contributed by atoms with Crippen LogP contribution in [0.15, 0.2) is 0 Å². The van der Waals surface area contributed by atoms with Gasteiger partial charge in [-0.3, -0.25) is 4.79 Å². The largest absolute Gasteiger partial charge is 0.353 e. The quantitative estimate of drug-likeness (QED) is 0.673. The van der Waals surface area contributed by atoms with Crippen LogP contribution in [-0.4, -0.2) is 25.0 Å². The summed E-state index contributed by atoms with van der Waals surface area (Å²) in [7, 11) is 2.00. The Balaban J connectivity index is 1.73. The monoisotopic (exact) mass is 182 g/mol. The van der Waals surface area contributed by atoms with Crippen molar-refractivity contribution in [2.24, 2.45) is 5.92 Å². The zero-order valence-electron chi connectivity index (χ0n) is 8.18. The van der Waals surface area contributed by atoms with Gasteiger partial charge in [0.25, 0.3) is 0 Å². The molecule has 2 fully saturated rings. The zero-order valence-corrected chi connectivity index (χ0v) is 8.18. The molecule has 3 nitrogen and oxygen atoms in total. The summed E-state index contributed by atoms with van der Waals surface area (Å²) >= 11 is 0. The van der Waals surface area contributed by atoms with E-state index in [2.05, 4.69) is 10.6 Å². The smallest absolute Gasteiger partial charge is 0.223 e. The molecule has 2 saturated carbocycles. The van der Waals surface area contributed by atoms with Gasteiger partial charge in [0, 0.05) is 18.0 Å². The fourth-order valence-corrected chi connectivity index (χ4v) is 2.04. The Labute approximate surface area is 79.3 Å². The molecule has 0 radical (unpaired) electrons. The lowest BCUT2D eigenvalue weighted by atomic mass is 10.2. The topological polar surface area (TPSA) is 41.1 Å². The second kappa shape index (κ2) is 3.66. The second-order valence-electron chi connectivity index (χ2n) is 4.28. The van der Waals surface area contributed by atoms with Gasteiger partial charge in [0.15, 0.2) is 0 Å². The molecule has 3 heteroatoms. The highest BCUT2D eigenvalue weighted by atomic mass is 16.2. The highest BCUT2D eigenvalue weighted by molar-refractivity contribution is 5.81. The molecule has 0 aliphatic heterocycles. The van der Waals surface area contributed by atoms with Crippen molar-refractivity contribution < 1.29 is 4.79 Å². The Morgan fingerprint density at radius 2 is 1.85 bits per heavy atom. The van der Waals surface area contributed by atoms with Crippen LogP contribution in [0, 0.1) is 5.92 Å². The van der Waals surface area contributed by atoms with Crippen LogP contribution >= 0.6 is 0 Å². The summed E-state index contributed by atoms with van der Waals surface area (Å²) in [5.74, 6) is 0.649. The number of hydrogen-bond donors (Lipinski definition) is 2. The minimum Gasteiger partial charge on any atom is -0.353 e. The van der Waals surface area contributed by atoms with E-state index in [1.165, 1.54) is 6.42 Å². The Bertz CT molecular complexity index is 201. The fraction of sp³-hybridized carbons (Fsp3) is 0.900. The van der Waals surface area contributed by atoms with Crippen LogP contribution in [0.3, 0.4) is 0 Å². The van der Waals surface area contributed by atoms with Gasteiger partial charge in [0.05, 0.1) is 0 Å². The average molecular weight is 182 g/mol. The van der Waals surface area contributed by atoms with Crippen LogP contribution in [0.5, 0.6) is 0 Å². The molecule has 2 unspecified atom stereocenters. The molecule has 2 rings (SSSR count). The van der Waals surface area contributed by atoms with Crippen molar-refractivity contribution in [2.75, 3.05) is 7.05 Å². The SMILES string of the molecule is CNC1CCC(NC(=O)C2CC2)C1. The molecule has 2 N–H and O–H groups in total. The van der Waals surface area contributed by atoms with Gasteiger partial charge in [-0.25, -0.2) is 0 Å². The molecule has 13 heavy (non-hydrogen) atoms. The van der Waals surface area contributed by atoms with Crippen LogP contribution in [0.1, 0.15) is 32.1 Å². The van der Waals surface area contributed by atoms with Crippen molar-refractivity contribution in [3.8, 4) is 0 Å². The first kappa shape index (κ1) is 9.00. The lowest BCUT2D eigenvalue weighted by Gasteiger charge is -2.12. The van der Waals surface area contributed by atoms with Crippen LogP contribution < -0.4 is 10.6 Å². The van der Waals surface area contributed by atoms with Crippen molar-refractivity contribution >= 4 is 5.91 Å². The lowest BCUT2D eigenvalue weighted by molar-refractivity contribution is -0.122. The summed E-state index contributed by atoms with van der Waals surface area (Å²) in [6.45, 7) is 0. The normalized spacial score (nSPS) is 33.3. The van der Waals surface area contributed by atoms with E-state index in [1.54, 1.807) is 0 Å². The highest BCUT2D eigenvalue weighted by Gasteiger charge is 2.32. The van der Waals surface area contributed by atoms with Gasteiger partial charge in [-0.05, 0) is 39.2 Å². The third kappa shape index (κ3) is 2.21. The van der Waals surface area contributed by atoms with E-state index in [0.717, 1.165) is 25.7 Å². The third-order valence-electron chi connectivity index (χ3n) is 3.14. The van der Waals surface area contributed by atoms with Crippen LogP contribution in [0.25, 0.3) is 0 Å². The van der Waals surface area contributed by atoms with E-state index in [9.17, 15) is 4.79 Å². The lowest BCUT2D eigenvalue weighted by Crippen LogP contribution is -2.35. The molecule has 0 bridgehead atoms. The van der Waals surface area contributed by atoms with E-state index in [0.29, 0.717) is 23.9 Å². The maximum Gasteiger partial charge on any atom is 0.223 e. The van der Waals surface area contributed by atoms with E-state index < -0.39 is 0 Å². The fourth-order valence-electron chi connectivity index (χ4n) is 2.04. The molecular weight excluding hydrogens is 164 g/mol. The molecular formula is C10H18N2O. The van der Waals surface area contributed by atoms with Gasteiger partial charge >= 0.3 is 0 Å². The van der Waals surface area contributed by atoms with Gasteiger partial charge < -0.3 is 10.6 Å². The number of amides is 1. The van der Waals surface area contributed by atoms with Gasteiger partial charge in [-0.1, -0.05) is 0 Å². The van der Waals surface area contributed by atoms with Gasteiger partial charge in [-0.2, -0.15) is 0 Å². The summed E-state index contributed by atoms with van der Waals surface area (Å²) in [6, 6.07) is 1.05. The molecule has 0 heterocycles. The van der Waals surface area contributed by atoms with E-state index in [1.807, 2.05) is 7.05 Å². The third-order valence-corrected chi connectivity index (χ3v) is 3.14. The summed E-state index contributed by atoms with van der Waals surface area (Å²) in [4.78, 5) is 11.4. The number of carbonyl (C=O) groups excluding carboxylic acids is 1. The van der Waals surface area contributed by atoms with Crippen molar-refractivity contribution in [1.82, 2.24) is 10.6 Å². The standard InChI is InChI=1S/C10H18N2O/c1-11-8-4-5-9(6-8)12-10(13)7-2-3-7/h7-9,11H,2-6H2,1H3,(H,12,13). The molecule has 0 spiro atoms. The minimum absolute atomic E-state index is 0.293. The van der Waals surface area contributed by atoms with Crippen molar-refractivity contribution in [2.45, 2.75) is 44.2 Å². The van der Waals surface area contributed by atoms with Crippen molar-refractivity contribution in [3.63, 3.8) is 0 Å². The predicted octanol–water partition coefficient (Wildman–Crippen LogP) is 0.653. The molecule has 0 aromatic rings. The maximum absolute atomic E-state index is 11.4. The summed E-state index contributed by atoms with van der Waals surface area (Å²) in [5, 5.41) is 6.39. The van der Waals surface area contributed by atoms with Crippen molar-refractivity contribution in [3.05, 3.63) is 0 Å². The first-order valence-corrected chi connectivity index (χ1v) is 5.27. The first-order chi connectivity index (χ1) is 6.29. The van der Waals surface area contributed by atoms with Crippen LogP contribution in [0.4, 0.5) is 0 Å². The highest BCUT2D eigenvalue weighted by Crippen LogP contribution is 2.29. The number of nitrogens with one attached hydrogen (secondary N) is 2. The van der Waals surface area contributed by atoms with Crippen LogP contribution in [-0.2, 0) is 4.79 Å². The summed E-state index contributed by atoms with van der Waals surface area (Å²) in [5.41, 5.74) is 0. The van der Waals surface area contributed by atoms with Crippen LogP contribution in [0.2, 0.25) is 0 Å². The molecule has 0 aromatic heterocycles. The Morgan fingerprint density at radius 3 is 2.38 bits per heavy atom. The summed E-state index contributed by atoms with van der Waals surface area (Å²) in [6.07, 6.45) is 5.66. The Hall–Kier alpha value is -0.570. The maximum atomic E-state index is 11.4. The van der Waals surface area contributed by atoms with Gasteiger partial charge in [0.2, 0.25) is 5.91 Å². The minimum atomic E-state index is 0.293. The number of carbonyl (C=O) groups is 1. The van der Waals surface area contributed by atoms with Gasteiger partial charge in [0.1, 0.15) is 0 Å². The molecule has 74 valence electrons. The number of rotatable bonds is 3. The predicted molar refractivity (Wildman–Crippen MR) is 51.4 cm³/mol.